The topological polar surface area (TPSA) is 44.1 Å². The molecule has 168 valence electrons. The van der Waals surface area contributed by atoms with Crippen molar-refractivity contribution in [3.8, 4) is 5.69 Å². The number of benzene rings is 4. The average molecular weight is 489 g/mol. The molecule has 35 heavy (non-hydrogen) atoms. The fraction of sp³-hybridized carbons (Fsp3) is 0.0667. The molecule has 4 aromatic heterocycles. The summed E-state index contributed by atoms with van der Waals surface area (Å²) in [6, 6.07) is 26.2. The molecule has 0 fully saturated rings. The number of thiophene rings is 2. The van der Waals surface area contributed by atoms with Gasteiger partial charge in [-0.2, -0.15) is 0 Å². The molecule has 0 aliphatic heterocycles. The lowest BCUT2D eigenvalue weighted by molar-refractivity contribution is 0.673. The average Bonchev–Trinajstić information content (AvgIpc) is 3.55. The highest BCUT2D eigenvalue weighted by Crippen LogP contribution is 2.47. The molecule has 0 saturated carbocycles. The van der Waals surface area contributed by atoms with E-state index in [1.807, 2.05) is 28.7 Å². The number of nitrogen functional groups attached to an aromatic ring is 1. The Balaban J connectivity index is 1.52. The molecule has 2 N–H and O–H groups in total. The van der Waals surface area contributed by atoms with E-state index in [0.717, 1.165) is 38.8 Å². The second-order valence-corrected chi connectivity index (χ2v) is 11.5. The Hall–Kier alpha value is -3.80. The molecule has 8 aromatic rings. The van der Waals surface area contributed by atoms with Gasteiger partial charge in [-0.05, 0) is 67.9 Å². The van der Waals surface area contributed by atoms with E-state index in [-0.39, 0.29) is 0 Å². The first kappa shape index (κ1) is 19.5. The van der Waals surface area contributed by atoms with Gasteiger partial charge in [0.15, 0.2) is 5.58 Å². The zero-order chi connectivity index (χ0) is 23.4. The highest BCUT2D eigenvalue weighted by Gasteiger charge is 2.21. The summed E-state index contributed by atoms with van der Waals surface area (Å²) >= 11 is 3.68. The van der Waals surface area contributed by atoms with Crippen molar-refractivity contribution in [2.75, 3.05) is 5.73 Å². The summed E-state index contributed by atoms with van der Waals surface area (Å²) in [7, 11) is 0. The zero-order valence-corrected chi connectivity index (χ0v) is 20.8. The van der Waals surface area contributed by atoms with Crippen molar-refractivity contribution in [1.29, 1.82) is 0 Å². The number of hydrogen-bond acceptors (Lipinski definition) is 4. The van der Waals surface area contributed by atoms with Crippen LogP contribution < -0.4 is 5.73 Å². The molecular weight excluding hydrogens is 468 g/mol. The molecule has 0 unspecified atom stereocenters. The maximum absolute atomic E-state index is 6.62. The maximum Gasteiger partial charge on any atom is 0.161 e. The summed E-state index contributed by atoms with van der Waals surface area (Å²) in [4.78, 5) is 0. The first-order chi connectivity index (χ1) is 17.0. The van der Waals surface area contributed by atoms with Gasteiger partial charge in [-0.15, -0.1) is 22.7 Å². The normalized spacial score (nSPS) is 12.4. The number of nitrogens with two attached hydrogens (primary N) is 1. The third-order valence-electron chi connectivity index (χ3n) is 7.04. The van der Waals surface area contributed by atoms with E-state index in [4.69, 9.17) is 10.2 Å². The lowest BCUT2D eigenvalue weighted by Crippen LogP contribution is -1.94. The van der Waals surface area contributed by atoms with Gasteiger partial charge in [0.05, 0.1) is 14.9 Å². The number of nitrogens with zero attached hydrogens (tertiary/aromatic N) is 1. The molecule has 0 aliphatic carbocycles. The SMILES string of the molecule is Cc1ccc(-n2c3cc(C)ccc3c3oc4cc5c(cc4c32)sc2c3ccc(N)cc3sc52)cc1. The number of furan rings is 1. The van der Waals surface area contributed by atoms with E-state index in [0.29, 0.717) is 0 Å². The van der Waals surface area contributed by atoms with Gasteiger partial charge >= 0.3 is 0 Å². The summed E-state index contributed by atoms with van der Waals surface area (Å²) in [5.41, 5.74) is 14.7. The summed E-state index contributed by atoms with van der Waals surface area (Å²) in [5.74, 6) is 0. The van der Waals surface area contributed by atoms with Crippen molar-refractivity contribution < 1.29 is 4.42 Å². The maximum atomic E-state index is 6.62. The van der Waals surface area contributed by atoms with E-state index < -0.39 is 0 Å². The minimum Gasteiger partial charge on any atom is -0.454 e. The molecule has 0 saturated heterocycles. The van der Waals surface area contributed by atoms with Gasteiger partial charge in [-0.1, -0.05) is 29.8 Å². The molecular formula is C30H20N2OS2. The van der Waals surface area contributed by atoms with E-state index in [2.05, 4.69) is 85.1 Å². The first-order valence-electron chi connectivity index (χ1n) is 11.6. The molecule has 5 heteroatoms. The quantitative estimate of drug-likeness (QED) is 0.234. The van der Waals surface area contributed by atoms with Crippen molar-refractivity contribution in [3.05, 3.63) is 83.9 Å². The lowest BCUT2D eigenvalue weighted by Gasteiger charge is -2.08. The van der Waals surface area contributed by atoms with Crippen molar-refractivity contribution in [1.82, 2.24) is 4.57 Å². The molecule has 0 spiro atoms. The van der Waals surface area contributed by atoms with Crippen molar-refractivity contribution in [2.45, 2.75) is 13.8 Å². The molecule has 0 radical (unpaired) electrons. The highest BCUT2D eigenvalue weighted by molar-refractivity contribution is 7.36. The van der Waals surface area contributed by atoms with E-state index in [9.17, 15) is 0 Å². The number of aryl methyl sites for hydroxylation is 2. The Morgan fingerprint density at radius 2 is 1.40 bits per heavy atom. The van der Waals surface area contributed by atoms with Crippen LogP contribution in [0.25, 0.3) is 68.2 Å². The summed E-state index contributed by atoms with van der Waals surface area (Å²) in [6.07, 6.45) is 0. The summed E-state index contributed by atoms with van der Waals surface area (Å²) in [5, 5.41) is 4.85. The minimum absolute atomic E-state index is 0.811. The fourth-order valence-corrected chi connectivity index (χ4v) is 8.07. The van der Waals surface area contributed by atoms with Crippen LogP contribution in [0.15, 0.2) is 77.2 Å². The number of aromatic nitrogens is 1. The Labute approximate surface area is 208 Å². The van der Waals surface area contributed by atoms with E-state index in [1.54, 1.807) is 0 Å². The number of anilines is 1. The summed E-state index contributed by atoms with van der Waals surface area (Å²) in [6.45, 7) is 4.27. The minimum atomic E-state index is 0.811. The number of hydrogen-bond donors (Lipinski definition) is 1. The predicted octanol–water partition coefficient (Wildman–Crippen LogP) is 9.31. The van der Waals surface area contributed by atoms with Crippen LogP contribution >= 0.6 is 22.7 Å². The van der Waals surface area contributed by atoms with Gasteiger partial charge < -0.3 is 14.7 Å². The molecule has 4 aromatic carbocycles. The number of fused-ring (bicyclic) bond motifs is 10. The largest absolute Gasteiger partial charge is 0.454 e. The van der Waals surface area contributed by atoms with Crippen LogP contribution in [-0.4, -0.2) is 4.57 Å². The van der Waals surface area contributed by atoms with Gasteiger partial charge in [-0.25, -0.2) is 0 Å². The monoisotopic (exact) mass is 488 g/mol. The van der Waals surface area contributed by atoms with Gasteiger partial charge in [0.1, 0.15) is 11.1 Å². The van der Waals surface area contributed by atoms with Gasteiger partial charge in [0.25, 0.3) is 0 Å². The Kier molecular flexibility index (Phi) is 3.71. The van der Waals surface area contributed by atoms with Crippen molar-refractivity contribution in [2.24, 2.45) is 0 Å². The van der Waals surface area contributed by atoms with E-state index >= 15 is 0 Å². The van der Waals surface area contributed by atoms with Gasteiger partial charge in [0.2, 0.25) is 0 Å². The third-order valence-corrected chi connectivity index (χ3v) is 9.54. The highest BCUT2D eigenvalue weighted by atomic mass is 32.1. The van der Waals surface area contributed by atoms with Crippen LogP contribution in [0.4, 0.5) is 5.69 Å². The number of rotatable bonds is 1. The van der Waals surface area contributed by atoms with Crippen LogP contribution in [-0.2, 0) is 0 Å². The second-order valence-electron chi connectivity index (χ2n) is 9.43. The van der Waals surface area contributed by atoms with Gasteiger partial charge in [-0.3, -0.25) is 0 Å². The molecule has 3 nitrogen and oxygen atoms in total. The van der Waals surface area contributed by atoms with Crippen LogP contribution in [0.2, 0.25) is 0 Å². The zero-order valence-electron chi connectivity index (χ0n) is 19.2. The molecule has 8 rings (SSSR count). The molecule has 0 atom stereocenters. The first-order valence-corrected chi connectivity index (χ1v) is 13.3. The van der Waals surface area contributed by atoms with Crippen LogP contribution in [0.5, 0.6) is 0 Å². The van der Waals surface area contributed by atoms with E-state index in [1.165, 1.54) is 46.2 Å². The standard InChI is InChI=1S/C30H20N2OS2/c1-15-3-7-18(8-4-15)32-23-11-16(2)5-9-19(23)28-27(32)21-14-26-22(13-24(21)33-28)30-29(35-26)20-10-6-17(31)12-25(20)34-30/h3-14H,31H2,1-2H3. The summed E-state index contributed by atoms with van der Waals surface area (Å²) < 4.78 is 14.2. The fourth-order valence-electron chi connectivity index (χ4n) is 5.36. The van der Waals surface area contributed by atoms with Gasteiger partial charge in [0, 0.05) is 42.3 Å². The Bertz CT molecular complexity index is 2140. The van der Waals surface area contributed by atoms with Crippen LogP contribution in [0, 0.1) is 13.8 Å². The van der Waals surface area contributed by atoms with Crippen molar-refractivity contribution in [3.63, 3.8) is 0 Å². The lowest BCUT2D eigenvalue weighted by atomic mass is 10.1. The van der Waals surface area contributed by atoms with Crippen LogP contribution in [0.1, 0.15) is 11.1 Å². The molecule has 4 heterocycles. The molecule has 0 aliphatic rings. The Morgan fingerprint density at radius 1 is 0.686 bits per heavy atom. The van der Waals surface area contributed by atoms with Crippen molar-refractivity contribution >= 4 is 90.9 Å². The Morgan fingerprint density at radius 3 is 2.23 bits per heavy atom. The van der Waals surface area contributed by atoms with Crippen LogP contribution in [0.3, 0.4) is 0 Å². The third kappa shape index (κ3) is 2.60. The molecule has 0 amide bonds. The second kappa shape index (κ2) is 6.66. The smallest absolute Gasteiger partial charge is 0.161 e. The molecule has 0 bridgehead atoms. The predicted molar refractivity (Wildman–Crippen MR) is 153 cm³/mol.